The number of hydrogen-bond acceptors (Lipinski definition) is 3. The molecule has 0 spiro atoms. The van der Waals surface area contributed by atoms with E-state index < -0.39 is 0 Å². The van der Waals surface area contributed by atoms with Crippen LogP contribution in [0.25, 0.3) is 0 Å². The van der Waals surface area contributed by atoms with Gasteiger partial charge in [-0.25, -0.2) is 0 Å². The van der Waals surface area contributed by atoms with Crippen molar-refractivity contribution >= 4 is 5.69 Å². The van der Waals surface area contributed by atoms with Crippen molar-refractivity contribution in [2.45, 2.75) is 38.8 Å². The second-order valence-electron chi connectivity index (χ2n) is 6.19. The lowest BCUT2D eigenvalue weighted by atomic mass is 10.0. The Balaban J connectivity index is 1.68. The van der Waals surface area contributed by atoms with Crippen molar-refractivity contribution < 1.29 is 4.74 Å². The Kier molecular flexibility index (Phi) is 4.27. The van der Waals surface area contributed by atoms with E-state index >= 15 is 0 Å². The Bertz CT molecular complexity index is 448. The first kappa shape index (κ1) is 13.9. The topological polar surface area (TPSA) is 24.5 Å². The maximum absolute atomic E-state index is 5.71. The molecule has 3 atom stereocenters. The summed E-state index contributed by atoms with van der Waals surface area (Å²) >= 11 is 0. The van der Waals surface area contributed by atoms with Gasteiger partial charge in [0.05, 0.1) is 13.2 Å². The van der Waals surface area contributed by atoms with Gasteiger partial charge in [0.25, 0.3) is 0 Å². The highest BCUT2D eigenvalue weighted by molar-refractivity contribution is 5.59. The van der Waals surface area contributed by atoms with Gasteiger partial charge >= 0.3 is 0 Å². The molecule has 1 N–H and O–H groups in total. The number of nitrogens with one attached hydrogen (secondary N) is 1. The SMILES string of the molecule is CCCNC1COCC1CN1c2ccccc2CC1C. The van der Waals surface area contributed by atoms with Crippen molar-refractivity contribution in [1.29, 1.82) is 0 Å². The van der Waals surface area contributed by atoms with Crippen molar-refractivity contribution in [3.05, 3.63) is 29.8 Å². The number of hydrogen-bond donors (Lipinski definition) is 1. The third-order valence-electron chi connectivity index (χ3n) is 4.63. The van der Waals surface area contributed by atoms with E-state index in [0.717, 1.165) is 26.3 Å². The largest absolute Gasteiger partial charge is 0.379 e. The van der Waals surface area contributed by atoms with Gasteiger partial charge in [0.2, 0.25) is 0 Å². The predicted octanol–water partition coefficient (Wildman–Crippen LogP) is 2.45. The fourth-order valence-electron chi connectivity index (χ4n) is 3.49. The molecule has 1 saturated heterocycles. The van der Waals surface area contributed by atoms with E-state index in [-0.39, 0.29) is 0 Å². The van der Waals surface area contributed by atoms with Crippen LogP contribution < -0.4 is 10.2 Å². The summed E-state index contributed by atoms with van der Waals surface area (Å²) < 4.78 is 5.71. The van der Waals surface area contributed by atoms with Gasteiger partial charge < -0.3 is 15.0 Å². The molecular formula is C17H26N2O. The molecule has 3 rings (SSSR count). The highest BCUT2D eigenvalue weighted by Gasteiger charge is 2.33. The van der Waals surface area contributed by atoms with E-state index in [1.807, 2.05) is 0 Å². The third kappa shape index (κ3) is 2.70. The van der Waals surface area contributed by atoms with Crippen molar-refractivity contribution in [3.63, 3.8) is 0 Å². The van der Waals surface area contributed by atoms with Gasteiger partial charge in [0, 0.05) is 30.2 Å². The molecule has 3 heteroatoms. The standard InChI is InChI=1S/C17H26N2O/c1-3-8-18-16-12-20-11-15(16)10-19-13(2)9-14-6-4-5-7-17(14)19/h4-7,13,15-16,18H,3,8-12H2,1-2H3. The van der Waals surface area contributed by atoms with Gasteiger partial charge in [-0.2, -0.15) is 0 Å². The molecule has 3 nitrogen and oxygen atoms in total. The summed E-state index contributed by atoms with van der Waals surface area (Å²) in [5, 5.41) is 3.64. The van der Waals surface area contributed by atoms with Crippen LogP contribution in [0.1, 0.15) is 25.8 Å². The smallest absolute Gasteiger partial charge is 0.0624 e. The lowest BCUT2D eigenvalue weighted by Crippen LogP contribution is -2.43. The minimum Gasteiger partial charge on any atom is -0.379 e. The first-order chi connectivity index (χ1) is 9.79. The van der Waals surface area contributed by atoms with Crippen LogP contribution in [0.5, 0.6) is 0 Å². The quantitative estimate of drug-likeness (QED) is 0.892. The van der Waals surface area contributed by atoms with Crippen molar-refractivity contribution in [2.75, 3.05) is 31.2 Å². The Morgan fingerprint density at radius 2 is 2.15 bits per heavy atom. The Morgan fingerprint density at radius 1 is 1.30 bits per heavy atom. The summed E-state index contributed by atoms with van der Waals surface area (Å²) in [5.41, 5.74) is 2.93. The molecule has 0 amide bonds. The van der Waals surface area contributed by atoms with Crippen LogP contribution in [-0.4, -0.2) is 38.4 Å². The molecule has 0 aliphatic carbocycles. The molecule has 0 radical (unpaired) electrons. The molecule has 20 heavy (non-hydrogen) atoms. The van der Waals surface area contributed by atoms with Crippen LogP contribution in [0, 0.1) is 5.92 Å². The zero-order valence-electron chi connectivity index (χ0n) is 12.6. The molecule has 0 aromatic heterocycles. The van der Waals surface area contributed by atoms with Gasteiger partial charge in [-0.3, -0.25) is 0 Å². The number of fused-ring (bicyclic) bond motifs is 1. The molecule has 1 aromatic carbocycles. The maximum atomic E-state index is 5.71. The van der Waals surface area contributed by atoms with Gasteiger partial charge in [-0.05, 0) is 37.9 Å². The highest BCUT2D eigenvalue weighted by atomic mass is 16.5. The van der Waals surface area contributed by atoms with E-state index in [9.17, 15) is 0 Å². The second-order valence-corrected chi connectivity index (χ2v) is 6.19. The average molecular weight is 274 g/mol. The Labute approximate surface area is 122 Å². The molecule has 1 fully saturated rings. The van der Waals surface area contributed by atoms with E-state index in [0.29, 0.717) is 18.0 Å². The summed E-state index contributed by atoms with van der Waals surface area (Å²) in [7, 11) is 0. The van der Waals surface area contributed by atoms with Gasteiger partial charge in [0.15, 0.2) is 0 Å². The number of benzene rings is 1. The van der Waals surface area contributed by atoms with Crippen molar-refractivity contribution in [3.8, 4) is 0 Å². The second kappa shape index (κ2) is 6.15. The van der Waals surface area contributed by atoms with E-state index in [4.69, 9.17) is 4.74 Å². The first-order valence-corrected chi connectivity index (χ1v) is 7.95. The predicted molar refractivity (Wildman–Crippen MR) is 83.3 cm³/mol. The molecule has 2 heterocycles. The third-order valence-corrected chi connectivity index (χ3v) is 4.63. The fourth-order valence-corrected chi connectivity index (χ4v) is 3.49. The van der Waals surface area contributed by atoms with Crippen molar-refractivity contribution in [2.24, 2.45) is 5.92 Å². The lowest BCUT2D eigenvalue weighted by molar-refractivity contribution is 0.182. The minimum atomic E-state index is 0.523. The Morgan fingerprint density at radius 3 is 3.00 bits per heavy atom. The molecule has 2 aliphatic rings. The molecule has 0 bridgehead atoms. The average Bonchev–Trinajstić information content (AvgIpc) is 3.02. The zero-order chi connectivity index (χ0) is 13.9. The fraction of sp³-hybridized carbons (Fsp3) is 0.647. The van der Waals surface area contributed by atoms with Crippen LogP contribution >= 0.6 is 0 Å². The van der Waals surface area contributed by atoms with Gasteiger partial charge in [-0.1, -0.05) is 25.1 Å². The number of anilines is 1. The van der Waals surface area contributed by atoms with E-state index in [2.05, 4.69) is 48.3 Å². The molecule has 2 aliphatic heterocycles. The van der Waals surface area contributed by atoms with Crippen LogP contribution in [0.4, 0.5) is 5.69 Å². The number of nitrogens with zero attached hydrogens (tertiary/aromatic N) is 1. The van der Waals surface area contributed by atoms with Crippen LogP contribution in [0.15, 0.2) is 24.3 Å². The van der Waals surface area contributed by atoms with Gasteiger partial charge in [-0.15, -0.1) is 0 Å². The number of ether oxygens (including phenoxy) is 1. The first-order valence-electron chi connectivity index (χ1n) is 7.95. The summed E-state index contributed by atoms with van der Waals surface area (Å²) in [6.07, 6.45) is 2.36. The normalized spacial score (nSPS) is 28.9. The molecule has 3 unspecified atom stereocenters. The zero-order valence-corrected chi connectivity index (χ0v) is 12.6. The Hall–Kier alpha value is -1.06. The monoisotopic (exact) mass is 274 g/mol. The van der Waals surface area contributed by atoms with Crippen LogP contribution in [-0.2, 0) is 11.2 Å². The molecule has 110 valence electrons. The minimum absolute atomic E-state index is 0.523. The van der Waals surface area contributed by atoms with Crippen LogP contribution in [0.3, 0.4) is 0 Å². The summed E-state index contributed by atoms with van der Waals surface area (Å²) in [6.45, 7) is 8.53. The van der Waals surface area contributed by atoms with Crippen molar-refractivity contribution in [1.82, 2.24) is 5.32 Å². The summed E-state index contributed by atoms with van der Waals surface area (Å²) in [6, 6.07) is 9.98. The maximum Gasteiger partial charge on any atom is 0.0624 e. The molecule has 1 aromatic rings. The van der Waals surface area contributed by atoms with Gasteiger partial charge in [0.1, 0.15) is 0 Å². The van der Waals surface area contributed by atoms with E-state index in [1.165, 1.54) is 24.1 Å². The lowest BCUT2D eigenvalue weighted by Gasteiger charge is -2.30. The molecular weight excluding hydrogens is 248 g/mol. The molecule has 0 saturated carbocycles. The van der Waals surface area contributed by atoms with E-state index in [1.54, 1.807) is 0 Å². The number of rotatable bonds is 5. The summed E-state index contributed by atoms with van der Waals surface area (Å²) in [5.74, 6) is 0.607. The van der Waals surface area contributed by atoms with Crippen LogP contribution in [0.2, 0.25) is 0 Å². The number of para-hydroxylation sites is 1. The summed E-state index contributed by atoms with van der Waals surface area (Å²) in [4.78, 5) is 2.58. The highest BCUT2D eigenvalue weighted by Crippen LogP contribution is 2.33.